The van der Waals surface area contributed by atoms with Gasteiger partial charge in [-0.2, -0.15) is 18.3 Å². The Hall–Kier alpha value is -1.79. The summed E-state index contributed by atoms with van der Waals surface area (Å²) in [6.07, 6.45) is 1.56. The largest absolute Gasteiger partial charge is 0.435 e. The van der Waals surface area contributed by atoms with Gasteiger partial charge < -0.3 is 5.32 Å². The molecule has 0 bridgehead atoms. The van der Waals surface area contributed by atoms with E-state index in [-0.39, 0.29) is 23.2 Å². The molecule has 0 fully saturated rings. The molecular formula is C13H16F3N3O. The van der Waals surface area contributed by atoms with Crippen LogP contribution in [-0.2, 0) is 18.0 Å². The molecule has 20 heavy (non-hydrogen) atoms. The molecule has 1 aromatic heterocycles. The van der Waals surface area contributed by atoms with Gasteiger partial charge in [-0.3, -0.25) is 9.48 Å². The van der Waals surface area contributed by atoms with Gasteiger partial charge in [0.15, 0.2) is 5.69 Å². The highest BCUT2D eigenvalue weighted by Crippen LogP contribution is 2.34. The molecule has 0 aliphatic heterocycles. The molecule has 0 saturated carbocycles. The van der Waals surface area contributed by atoms with Crippen molar-refractivity contribution in [3.05, 3.63) is 23.4 Å². The number of alkyl halides is 3. The van der Waals surface area contributed by atoms with Crippen LogP contribution in [0.2, 0.25) is 0 Å². The molecule has 1 aliphatic carbocycles. The number of anilines is 1. The minimum absolute atomic E-state index is 0.0558. The lowest BCUT2D eigenvalue weighted by molar-refractivity contribution is -0.141. The number of rotatable bonds is 2. The quantitative estimate of drug-likeness (QED) is 0.850. The predicted octanol–water partition coefficient (Wildman–Crippen LogP) is 3.04. The number of nitrogens with one attached hydrogen (secondary N) is 1. The van der Waals surface area contributed by atoms with Gasteiger partial charge in [-0.25, -0.2) is 0 Å². The topological polar surface area (TPSA) is 46.9 Å². The van der Waals surface area contributed by atoms with Crippen LogP contribution in [0.15, 0.2) is 12.2 Å². The summed E-state index contributed by atoms with van der Waals surface area (Å²) in [5.41, 5.74) is -1.02. The number of amides is 1. The number of halogens is 3. The first-order chi connectivity index (χ1) is 9.30. The van der Waals surface area contributed by atoms with Crippen molar-refractivity contribution in [1.82, 2.24) is 9.78 Å². The monoisotopic (exact) mass is 287 g/mol. The third kappa shape index (κ3) is 2.86. The average Bonchev–Trinajstić information content (AvgIpc) is 2.67. The summed E-state index contributed by atoms with van der Waals surface area (Å²) >= 11 is 0. The fourth-order valence-electron chi connectivity index (χ4n) is 2.32. The first-order valence-corrected chi connectivity index (χ1v) is 6.37. The maximum Gasteiger partial charge on any atom is 0.435 e. The van der Waals surface area contributed by atoms with E-state index >= 15 is 0 Å². The van der Waals surface area contributed by atoms with Gasteiger partial charge in [-0.1, -0.05) is 12.2 Å². The number of carbonyl (C=O) groups is 1. The van der Waals surface area contributed by atoms with Crippen LogP contribution >= 0.6 is 0 Å². The zero-order valence-electron chi connectivity index (χ0n) is 11.3. The van der Waals surface area contributed by atoms with Crippen molar-refractivity contribution in [2.45, 2.75) is 32.4 Å². The van der Waals surface area contributed by atoms with Crippen molar-refractivity contribution in [3.63, 3.8) is 0 Å². The van der Waals surface area contributed by atoms with Crippen molar-refractivity contribution in [3.8, 4) is 0 Å². The van der Waals surface area contributed by atoms with Crippen LogP contribution in [0.25, 0.3) is 0 Å². The number of hydrogen-bond donors (Lipinski definition) is 1. The second-order valence-corrected chi connectivity index (χ2v) is 4.91. The van der Waals surface area contributed by atoms with Crippen LogP contribution in [0, 0.1) is 12.8 Å². The van der Waals surface area contributed by atoms with Crippen LogP contribution < -0.4 is 5.32 Å². The fraction of sp³-hybridized carbons (Fsp3) is 0.538. The molecule has 1 atom stereocenters. The summed E-state index contributed by atoms with van der Waals surface area (Å²) in [6.45, 7) is 1.31. The molecule has 1 unspecified atom stereocenters. The molecule has 110 valence electrons. The highest BCUT2D eigenvalue weighted by molar-refractivity contribution is 5.92. The normalized spacial score (nSPS) is 19.1. The Bertz CT molecular complexity index is 546. The SMILES string of the molecule is Cc1c(C(F)(F)F)nn(C)c1NC(=O)C1CC=CCC1. The van der Waals surface area contributed by atoms with Crippen LogP contribution in [-0.4, -0.2) is 15.7 Å². The van der Waals surface area contributed by atoms with Crippen LogP contribution in [0.4, 0.5) is 19.0 Å². The van der Waals surface area contributed by atoms with Crippen LogP contribution in [0.1, 0.15) is 30.5 Å². The number of hydrogen-bond acceptors (Lipinski definition) is 2. The minimum atomic E-state index is -4.52. The molecule has 2 rings (SSSR count). The Morgan fingerprint density at radius 2 is 2.15 bits per heavy atom. The molecule has 0 saturated heterocycles. The molecule has 0 radical (unpaired) electrons. The molecule has 1 N–H and O–H groups in total. The van der Waals surface area contributed by atoms with Crippen molar-refractivity contribution in [2.24, 2.45) is 13.0 Å². The maximum absolute atomic E-state index is 12.7. The second kappa shape index (κ2) is 5.30. The maximum atomic E-state index is 12.7. The van der Waals surface area contributed by atoms with E-state index in [1.165, 1.54) is 14.0 Å². The van der Waals surface area contributed by atoms with E-state index < -0.39 is 11.9 Å². The number of carbonyl (C=O) groups excluding carboxylic acids is 1. The Kier molecular flexibility index (Phi) is 3.87. The summed E-state index contributed by atoms with van der Waals surface area (Å²) in [5.74, 6) is -0.338. The Morgan fingerprint density at radius 1 is 1.45 bits per heavy atom. The summed E-state index contributed by atoms with van der Waals surface area (Å²) < 4.78 is 39.3. The number of allylic oxidation sites excluding steroid dienone is 2. The smallest absolute Gasteiger partial charge is 0.310 e. The minimum Gasteiger partial charge on any atom is -0.310 e. The standard InChI is InChI=1S/C13H16F3N3O/c1-8-10(13(14,15)16)18-19(2)11(8)17-12(20)9-6-4-3-5-7-9/h3-4,9H,5-7H2,1-2H3,(H,17,20). The van der Waals surface area contributed by atoms with Crippen molar-refractivity contribution < 1.29 is 18.0 Å². The molecule has 1 heterocycles. The summed E-state index contributed by atoms with van der Waals surface area (Å²) in [6, 6.07) is 0. The lowest BCUT2D eigenvalue weighted by Gasteiger charge is -2.17. The highest BCUT2D eigenvalue weighted by atomic mass is 19.4. The lowest BCUT2D eigenvalue weighted by atomic mass is 9.93. The van der Waals surface area contributed by atoms with E-state index in [0.717, 1.165) is 11.1 Å². The van der Waals surface area contributed by atoms with Gasteiger partial charge in [-0.15, -0.1) is 0 Å². The fourth-order valence-corrected chi connectivity index (χ4v) is 2.32. The summed E-state index contributed by atoms with van der Waals surface area (Å²) in [4.78, 5) is 12.1. The summed E-state index contributed by atoms with van der Waals surface area (Å²) in [7, 11) is 1.39. The number of nitrogens with zero attached hydrogens (tertiary/aromatic N) is 2. The molecule has 1 aromatic rings. The zero-order valence-corrected chi connectivity index (χ0v) is 11.3. The van der Waals surface area contributed by atoms with Gasteiger partial charge in [0.05, 0.1) is 0 Å². The van der Waals surface area contributed by atoms with E-state index in [1.54, 1.807) is 0 Å². The van der Waals surface area contributed by atoms with Crippen LogP contribution in [0.5, 0.6) is 0 Å². The third-order valence-electron chi connectivity index (χ3n) is 3.43. The van der Waals surface area contributed by atoms with Crippen molar-refractivity contribution in [1.29, 1.82) is 0 Å². The van der Waals surface area contributed by atoms with E-state index in [1.807, 2.05) is 12.2 Å². The van der Waals surface area contributed by atoms with Crippen molar-refractivity contribution >= 4 is 11.7 Å². The highest BCUT2D eigenvalue weighted by Gasteiger charge is 2.37. The van der Waals surface area contributed by atoms with Crippen molar-refractivity contribution in [2.75, 3.05) is 5.32 Å². The Labute approximate surface area is 114 Å². The molecular weight excluding hydrogens is 271 g/mol. The Morgan fingerprint density at radius 3 is 2.65 bits per heavy atom. The van der Waals surface area contributed by atoms with Gasteiger partial charge in [0.1, 0.15) is 5.82 Å². The van der Waals surface area contributed by atoms with E-state index in [0.29, 0.717) is 12.8 Å². The average molecular weight is 287 g/mol. The third-order valence-corrected chi connectivity index (χ3v) is 3.43. The van der Waals surface area contributed by atoms with Crippen LogP contribution in [0.3, 0.4) is 0 Å². The van der Waals surface area contributed by atoms with Gasteiger partial charge in [0.2, 0.25) is 5.91 Å². The van der Waals surface area contributed by atoms with E-state index in [2.05, 4.69) is 10.4 Å². The zero-order chi connectivity index (χ0) is 14.9. The van der Waals surface area contributed by atoms with Gasteiger partial charge in [-0.05, 0) is 26.2 Å². The molecule has 0 spiro atoms. The molecule has 0 aromatic carbocycles. The molecule has 4 nitrogen and oxygen atoms in total. The number of aryl methyl sites for hydroxylation is 1. The van der Waals surface area contributed by atoms with E-state index in [4.69, 9.17) is 0 Å². The first kappa shape index (κ1) is 14.6. The van der Waals surface area contributed by atoms with Gasteiger partial charge in [0, 0.05) is 18.5 Å². The van der Waals surface area contributed by atoms with E-state index in [9.17, 15) is 18.0 Å². The molecule has 1 amide bonds. The first-order valence-electron chi connectivity index (χ1n) is 6.37. The van der Waals surface area contributed by atoms with Gasteiger partial charge >= 0.3 is 6.18 Å². The van der Waals surface area contributed by atoms with Gasteiger partial charge in [0.25, 0.3) is 0 Å². The molecule has 1 aliphatic rings. The summed E-state index contributed by atoms with van der Waals surface area (Å²) in [5, 5.41) is 6.01. The molecule has 7 heteroatoms. The Balaban J connectivity index is 2.19. The lowest BCUT2D eigenvalue weighted by Crippen LogP contribution is -2.25. The number of aromatic nitrogens is 2. The predicted molar refractivity (Wildman–Crippen MR) is 68.1 cm³/mol. The second-order valence-electron chi connectivity index (χ2n) is 4.91.